The molecule has 1 aliphatic heterocycles. The fourth-order valence-electron chi connectivity index (χ4n) is 1.49. The van der Waals surface area contributed by atoms with Crippen LogP contribution in [0.3, 0.4) is 0 Å². The van der Waals surface area contributed by atoms with Crippen molar-refractivity contribution in [2.75, 3.05) is 18.2 Å². The van der Waals surface area contributed by atoms with Gasteiger partial charge in [-0.15, -0.1) is 0 Å². The first-order valence-electron chi connectivity index (χ1n) is 4.73. The molecule has 0 amide bonds. The fraction of sp³-hybridized carbons (Fsp3) is 1.00. The summed E-state index contributed by atoms with van der Waals surface area (Å²) in [5, 5.41) is 12.3. The second-order valence-electron chi connectivity index (χ2n) is 3.30. The molecule has 0 radical (unpaired) electrons. The Balaban J connectivity index is 2.43. The predicted molar refractivity (Wildman–Crippen MR) is 53.6 cm³/mol. The smallest absolute Gasteiger partial charge is 0.225 e. The molecule has 0 saturated carbocycles. The Bertz CT molecular complexity index is 261. The van der Waals surface area contributed by atoms with Crippen molar-refractivity contribution in [2.24, 2.45) is 0 Å². The predicted octanol–water partition coefficient (Wildman–Crippen LogP) is 0.0214. The van der Waals surface area contributed by atoms with Gasteiger partial charge in [0.15, 0.2) is 0 Å². The maximum Gasteiger partial charge on any atom is 0.225 e. The Kier molecular flexibility index (Phi) is 5.87. The van der Waals surface area contributed by atoms with Gasteiger partial charge in [-0.1, -0.05) is 12.8 Å². The molecule has 6 nitrogen and oxygen atoms in total. The van der Waals surface area contributed by atoms with Gasteiger partial charge in [0, 0.05) is 25.1 Å². The van der Waals surface area contributed by atoms with Gasteiger partial charge in [0.1, 0.15) is 5.08 Å². The van der Waals surface area contributed by atoms with Gasteiger partial charge in [-0.25, -0.2) is 12.7 Å². The summed E-state index contributed by atoms with van der Waals surface area (Å²) in [5.41, 5.74) is 0. The molecule has 1 saturated heterocycles. The van der Waals surface area contributed by atoms with Crippen molar-refractivity contribution >= 4 is 22.1 Å². The van der Waals surface area contributed by atoms with E-state index in [0.717, 1.165) is 25.7 Å². The lowest BCUT2D eigenvalue weighted by molar-refractivity contribution is -0.777. The Morgan fingerprint density at radius 1 is 1.20 bits per heavy atom. The molecule has 0 aromatic rings. The summed E-state index contributed by atoms with van der Waals surface area (Å²) in [6.45, 7) is 1.11. The Morgan fingerprint density at radius 2 is 1.80 bits per heavy atom. The van der Waals surface area contributed by atoms with Crippen molar-refractivity contribution in [3.05, 3.63) is 0 Å². The topological polar surface area (TPSA) is 78.9 Å². The van der Waals surface area contributed by atoms with Gasteiger partial charge in [0.25, 0.3) is 0 Å². The summed E-state index contributed by atoms with van der Waals surface area (Å²) in [4.78, 5) is 0. The monoisotopic (exact) mass is 256 g/mol. The van der Waals surface area contributed by atoms with Gasteiger partial charge in [0.05, 0.1) is 0 Å². The molecule has 0 spiro atoms. The van der Waals surface area contributed by atoms with Crippen molar-refractivity contribution in [1.29, 1.82) is 0 Å². The van der Waals surface area contributed by atoms with Gasteiger partial charge in [-0.05, 0) is 12.8 Å². The van der Waals surface area contributed by atoms with Gasteiger partial charge in [-0.3, -0.25) is 5.04 Å². The second kappa shape index (κ2) is 6.66. The lowest BCUT2D eigenvalue weighted by Gasteiger charge is -2.19. The highest BCUT2D eigenvalue weighted by Crippen LogP contribution is 2.17. The molecule has 1 rings (SSSR count). The van der Waals surface area contributed by atoms with Crippen molar-refractivity contribution in [1.82, 2.24) is 4.31 Å². The standard InChI is InChI=1S/C7H15NO5S2/c9-12-13-14-7-15(10,11)8-5-3-1-2-4-6-8/h9H,1-7H2/p-1. The van der Waals surface area contributed by atoms with E-state index in [2.05, 4.69) is 9.37 Å². The molecule has 1 fully saturated rings. The Hall–Kier alpha value is 0.140. The third kappa shape index (κ3) is 4.66. The van der Waals surface area contributed by atoms with Crippen LogP contribution in [0.4, 0.5) is 0 Å². The summed E-state index contributed by atoms with van der Waals surface area (Å²) in [6, 6.07) is 0. The van der Waals surface area contributed by atoms with Crippen LogP contribution in [-0.2, 0) is 19.4 Å². The summed E-state index contributed by atoms with van der Waals surface area (Å²) in [7, 11) is -3.33. The van der Waals surface area contributed by atoms with Crippen LogP contribution in [0.25, 0.3) is 0 Å². The van der Waals surface area contributed by atoms with Gasteiger partial charge in [-0.2, -0.15) is 4.33 Å². The minimum absolute atomic E-state index is 0.282. The minimum Gasteiger partial charge on any atom is -0.691 e. The maximum absolute atomic E-state index is 11.7. The van der Waals surface area contributed by atoms with Crippen molar-refractivity contribution in [2.45, 2.75) is 25.7 Å². The van der Waals surface area contributed by atoms with E-state index < -0.39 is 10.0 Å². The highest BCUT2D eigenvalue weighted by Gasteiger charge is 2.23. The number of hydrogen-bond donors (Lipinski definition) is 0. The first kappa shape index (κ1) is 13.2. The molecule has 15 heavy (non-hydrogen) atoms. The average Bonchev–Trinajstić information content (AvgIpc) is 2.46. The van der Waals surface area contributed by atoms with Crippen LogP contribution in [0, 0.1) is 0 Å². The fourth-order valence-corrected chi connectivity index (χ4v) is 3.59. The van der Waals surface area contributed by atoms with Gasteiger partial charge in [0.2, 0.25) is 10.0 Å². The molecular formula is C7H14NO5S2-. The van der Waals surface area contributed by atoms with Crippen LogP contribution in [0.1, 0.15) is 25.7 Å². The van der Waals surface area contributed by atoms with E-state index in [9.17, 15) is 13.7 Å². The molecule has 0 bridgehead atoms. The van der Waals surface area contributed by atoms with Crippen LogP contribution in [0.15, 0.2) is 0 Å². The molecule has 1 aliphatic rings. The van der Waals surface area contributed by atoms with E-state index in [1.54, 1.807) is 0 Å². The average molecular weight is 256 g/mol. The molecule has 90 valence electrons. The van der Waals surface area contributed by atoms with E-state index >= 15 is 0 Å². The number of rotatable bonds is 5. The van der Waals surface area contributed by atoms with Crippen molar-refractivity contribution in [3.63, 3.8) is 0 Å². The second-order valence-corrected chi connectivity index (χ2v) is 6.29. The molecule has 8 heteroatoms. The van der Waals surface area contributed by atoms with Crippen molar-refractivity contribution < 1.29 is 23.0 Å². The molecule has 0 aromatic heterocycles. The first-order valence-corrected chi connectivity index (χ1v) is 7.25. The summed E-state index contributed by atoms with van der Waals surface area (Å²) < 4.78 is 28.8. The normalized spacial score (nSPS) is 20.1. The lowest BCUT2D eigenvalue weighted by Crippen LogP contribution is -2.33. The maximum atomic E-state index is 11.7. The van der Waals surface area contributed by atoms with E-state index in [0.29, 0.717) is 25.1 Å². The van der Waals surface area contributed by atoms with E-state index in [1.165, 1.54) is 4.31 Å². The summed E-state index contributed by atoms with van der Waals surface area (Å²) in [5.74, 6) is 0. The van der Waals surface area contributed by atoms with E-state index in [-0.39, 0.29) is 5.08 Å². The Labute approximate surface area is 93.7 Å². The Morgan fingerprint density at radius 3 is 2.33 bits per heavy atom. The highest BCUT2D eigenvalue weighted by atomic mass is 32.3. The summed E-state index contributed by atoms with van der Waals surface area (Å²) >= 11 is 0.496. The third-order valence-electron chi connectivity index (χ3n) is 2.23. The van der Waals surface area contributed by atoms with Crippen LogP contribution in [0.5, 0.6) is 0 Å². The zero-order chi connectivity index (χ0) is 11.1. The SMILES string of the molecule is O=S(=O)(CSOO[O-])N1CCCCCC1. The van der Waals surface area contributed by atoms with Gasteiger partial charge >= 0.3 is 0 Å². The van der Waals surface area contributed by atoms with Crippen LogP contribution < -0.4 is 5.26 Å². The number of sulfonamides is 1. The number of hydrogen-bond acceptors (Lipinski definition) is 6. The summed E-state index contributed by atoms with van der Waals surface area (Å²) in [6.07, 6.45) is 3.92. The molecule has 0 atom stereocenters. The quantitative estimate of drug-likeness (QED) is 0.299. The van der Waals surface area contributed by atoms with Crippen LogP contribution >= 0.6 is 12.0 Å². The molecule has 0 aromatic carbocycles. The zero-order valence-electron chi connectivity index (χ0n) is 8.25. The zero-order valence-corrected chi connectivity index (χ0v) is 9.89. The molecule has 0 N–H and O–H groups in total. The van der Waals surface area contributed by atoms with Gasteiger partial charge < -0.3 is 5.26 Å². The molecular weight excluding hydrogens is 242 g/mol. The van der Waals surface area contributed by atoms with E-state index in [1.807, 2.05) is 0 Å². The van der Waals surface area contributed by atoms with Crippen LogP contribution in [-0.4, -0.2) is 30.9 Å². The highest BCUT2D eigenvalue weighted by molar-refractivity contribution is 8.08. The molecule has 0 unspecified atom stereocenters. The first-order chi connectivity index (χ1) is 7.17. The number of nitrogens with zero attached hydrogens (tertiary/aromatic N) is 1. The molecule has 0 aliphatic carbocycles. The van der Waals surface area contributed by atoms with Crippen LogP contribution in [0.2, 0.25) is 0 Å². The minimum atomic E-state index is -3.33. The largest absolute Gasteiger partial charge is 0.691 e. The van der Waals surface area contributed by atoms with E-state index in [4.69, 9.17) is 0 Å². The lowest BCUT2D eigenvalue weighted by atomic mass is 10.2. The third-order valence-corrected chi connectivity index (χ3v) is 5.11. The molecule has 1 heterocycles. The van der Waals surface area contributed by atoms with Crippen molar-refractivity contribution in [3.8, 4) is 0 Å².